The quantitative estimate of drug-likeness (QED) is 0.387. The molecule has 0 bridgehead atoms. The Labute approximate surface area is 214 Å². The third-order valence-electron chi connectivity index (χ3n) is 5.91. The van der Waals surface area contributed by atoms with Crippen molar-refractivity contribution in [1.29, 1.82) is 0 Å². The van der Waals surface area contributed by atoms with Crippen molar-refractivity contribution in [1.82, 2.24) is 5.32 Å². The van der Waals surface area contributed by atoms with Crippen LogP contribution in [0.5, 0.6) is 0 Å². The second kappa shape index (κ2) is 10.4. The lowest BCUT2D eigenvalue weighted by atomic mass is 10.1. The topological polar surface area (TPSA) is 95.6 Å². The third kappa shape index (κ3) is 5.55. The molecule has 35 heavy (non-hydrogen) atoms. The molecular weight excluding hydrogens is 502 g/mol. The fourth-order valence-electron chi connectivity index (χ4n) is 3.80. The van der Waals surface area contributed by atoms with Gasteiger partial charge in [0.15, 0.2) is 0 Å². The molecule has 0 fully saturated rings. The molecule has 0 aliphatic carbocycles. The molecule has 184 valence electrons. The Hall–Kier alpha value is -2.82. The Balaban J connectivity index is 1.41. The summed E-state index contributed by atoms with van der Waals surface area (Å²) in [5, 5.41) is 7.83. The van der Waals surface area contributed by atoms with Crippen LogP contribution in [-0.2, 0) is 31.8 Å². The summed E-state index contributed by atoms with van der Waals surface area (Å²) >= 11 is 2.64. The summed E-state index contributed by atoms with van der Waals surface area (Å²) in [5.41, 5.74) is 3.10. The largest absolute Gasteiger partial charge is 0.371 e. The fraction of sp³-hybridized carbons (Fsp3) is 0.280. The van der Waals surface area contributed by atoms with Gasteiger partial charge in [-0.2, -0.15) is 0 Å². The molecule has 10 heteroatoms. The molecule has 1 amide bonds. The molecule has 2 aromatic carbocycles. The molecule has 0 radical (unpaired) electrons. The highest BCUT2D eigenvalue weighted by atomic mass is 32.2. The van der Waals surface area contributed by atoms with E-state index in [1.165, 1.54) is 23.1 Å². The predicted molar refractivity (Wildman–Crippen MR) is 143 cm³/mol. The standard InChI is InChI=1S/C25H27N3O4S3/c1-25(17-29,34-15-18-8-4-3-5-9-18)16-26-24(30)20-14-19-10-6-11-21(23(19)27-20)28(2)35(31,32)22-12-7-13-33-22/h3-13,17,20,27H,14-16H2,1-2H3,(H,26,30). The molecule has 3 aromatic rings. The van der Waals surface area contributed by atoms with Crippen molar-refractivity contribution in [3.63, 3.8) is 0 Å². The van der Waals surface area contributed by atoms with Gasteiger partial charge >= 0.3 is 0 Å². The number of carbonyl (C=O) groups excluding carboxylic acids is 2. The second-order valence-electron chi connectivity index (χ2n) is 8.54. The average molecular weight is 530 g/mol. The number of nitrogens with zero attached hydrogens (tertiary/aromatic N) is 1. The fourth-order valence-corrected chi connectivity index (χ4v) is 7.10. The van der Waals surface area contributed by atoms with E-state index < -0.39 is 20.8 Å². The van der Waals surface area contributed by atoms with Crippen molar-refractivity contribution in [2.24, 2.45) is 0 Å². The summed E-state index contributed by atoms with van der Waals surface area (Å²) in [7, 11) is -2.19. The molecule has 1 aliphatic rings. The van der Waals surface area contributed by atoms with Crippen LogP contribution < -0.4 is 14.9 Å². The maximum absolute atomic E-state index is 13.0. The summed E-state index contributed by atoms with van der Waals surface area (Å²) < 4.78 is 26.8. The SMILES string of the molecule is CN(c1cccc2c1NC(C(=O)NCC(C)(C=O)SCc1ccccc1)C2)S(=O)(=O)c1cccs1. The summed E-state index contributed by atoms with van der Waals surface area (Å²) in [6.07, 6.45) is 1.30. The number of para-hydroxylation sites is 1. The van der Waals surface area contributed by atoms with E-state index in [4.69, 9.17) is 0 Å². The molecule has 0 saturated carbocycles. The molecular formula is C25H27N3O4S3. The van der Waals surface area contributed by atoms with Crippen molar-refractivity contribution in [2.75, 3.05) is 23.2 Å². The van der Waals surface area contributed by atoms with Crippen LogP contribution in [0.3, 0.4) is 0 Å². The number of aldehydes is 1. The molecule has 1 aromatic heterocycles. The minimum absolute atomic E-state index is 0.195. The van der Waals surface area contributed by atoms with Gasteiger partial charge in [0.2, 0.25) is 5.91 Å². The zero-order valence-corrected chi connectivity index (χ0v) is 21.9. The zero-order valence-electron chi connectivity index (χ0n) is 19.4. The molecule has 2 atom stereocenters. The van der Waals surface area contributed by atoms with Gasteiger partial charge in [-0.15, -0.1) is 23.1 Å². The molecule has 7 nitrogen and oxygen atoms in total. The first-order valence-corrected chi connectivity index (χ1v) is 14.4. The number of sulfonamides is 1. The van der Waals surface area contributed by atoms with Crippen LogP contribution in [0, 0.1) is 0 Å². The smallest absolute Gasteiger partial charge is 0.273 e. The van der Waals surface area contributed by atoms with E-state index in [1.54, 1.807) is 29.6 Å². The van der Waals surface area contributed by atoms with Gasteiger partial charge in [0.25, 0.3) is 10.0 Å². The van der Waals surface area contributed by atoms with Gasteiger partial charge in [-0.1, -0.05) is 48.5 Å². The number of thiophene rings is 1. The first-order valence-electron chi connectivity index (χ1n) is 11.1. The number of hydrogen-bond acceptors (Lipinski definition) is 7. The number of anilines is 2. The Morgan fingerprint density at radius 1 is 1.20 bits per heavy atom. The van der Waals surface area contributed by atoms with E-state index in [2.05, 4.69) is 10.6 Å². The van der Waals surface area contributed by atoms with Crippen LogP contribution in [0.1, 0.15) is 18.1 Å². The first kappa shape index (κ1) is 25.3. The van der Waals surface area contributed by atoms with Gasteiger partial charge in [0, 0.05) is 25.8 Å². The molecule has 0 spiro atoms. The number of carbonyl (C=O) groups is 2. The Bertz CT molecular complexity index is 1300. The van der Waals surface area contributed by atoms with Gasteiger partial charge in [0.1, 0.15) is 16.5 Å². The van der Waals surface area contributed by atoms with Crippen LogP contribution >= 0.6 is 23.1 Å². The highest BCUT2D eigenvalue weighted by molar-refractivity contribution is 8.00. The van der Waals surface area contributed by atoms with Crippen LogP contribution in [0.4, 0.5) is 11.4 Å². The summed E-state index contributed by atoms with van der Waals surface area (Å²) in [6.45, 7) is 2.01. The first-order chi connectivity index (χ1) is 16.7. The van der Waals surface area contributed by atoms with Crippen LogP contribution in [0.2, 0.25) is 0 Å². The number of rotatable bonds is 10. The number of hydrogen-bond donors (Lipinski definition) is 2. The average Bonchev–Trinajstić information content (AvgIpc) is 3.57. The van der Waals surface area contributed by atoms with Crippen molar-refractivity contribution < 1.29 is 18.0 Å². The van der Waals surface area contributed by atoms with Gasteiger partial charge < -0.3 is 15.4 Å². The number of amides is 1. The molecule has 0 saturated heterocycles. The lowest BCUT2D eigenvalue weighted by Gasteiger charge is -2.24. The Morgan fingerprint density at radius 2 is 1.97 bits per heavy atom. The molecule has 2 N–H and O–H groups in total. The highest BCUT2D eigenvalue weighted by Crippen LogP contribution is 2.38. The van der Waals surface area contributed by atoms with E-state index in [0.29, 0.717) is 23.5 Å². The Kier molecular flexibility index (Phi) is 7.53. The van der Waals surface area contributed by atoms with Crippen molar-refractivity contribution in [3.8, 4) is 0 Å². The van der Waals surface area contributed by atoms with Gasteiger partial charge in [-0.05, 0) is 35.6 Å². The normalized spacial score (nSPS) is 16.6. The van der Waals surface area contributed by atoms with Gasteiger partial charge in [-0.3, -0.25) is 9.10 Å². The monoisotopic (exact) mass is 529 g/mol. The number of thioether (sulfide) groups is 1. The second-order valence-corrected chi connectivity index (χ2v) is 13.2. The van der Waals surface area contributed by atoms with E-state index in [0.717, 1.165) is 28.7 Å². The molecule has 2 heterocycles. The zero-order chi connectivity index (χ0) is 25.1. The maximum Gasteiger partial charge on any atom is 0.273 e. The van der Waals surface area contributed by atoms with E-state index in [9.17, 15) is 18.0 Å². The molecule has 2 unspecified atom stereocenters. The minimum atomic E-state index is -3.70. The highest BCUT2D eigenvalue weighted by Gasteiger charge is 2.33. The number of benzene rings is 2. The van der Waals surface area contributed by atoms with E-state index in [1.807, 2.05) is 43.3 Å². The van der Waals surface area contributed by atoms with Gasteiger partial charge in [-0.25, -0.2) is 8.42 Å². The van der Waals surface area contributed by atoms with Crippen LogP contribution in [0.15, 0.2) is 70.3 Å². The number of fused-ring (bicyclic) bond motifs is 1. The predicted octanol–water partition coefficient (Wildman–Crippen LogP) is 3.92. The lowest BCUT2D eigenvalue weighted by molar-refractivity contribution is -0.121. The number of nitrogens with one attached hydrogen (secondary N) is 2. The van der Waals surface area contributed by atoms with E-state index >= 15 is 0 Å². The van der Waals surface area contributed by atoms with Crippen LogP contribution in [-0.4, -0.2) is 45.0 Å². The third-order valence-corrected chi connectivity index (χ3v) is 10.4. The molecule has 4 rings (SSSR count). The summed E-state index contributed by atoms with van der Waals surface area (Å²) in [6, 6.07) is 18.0. The molecule has 1 aliphatic heterocycles. The maximum atomic E-state index is 13.0. The summed E-state index contributed by atoms with van der Waals surface area (Å²) in [5.74, 6) is 0.428. The lowest BCUT2D eigenvalue weighted by Crippen LogP contribution is -2.45. The summed E-state index contributed by atoms with van der Waals surface area (Å²) in [4.78, 5) is 24.8. The Morgan fingerprint density at radius 3 is 2.66 bits per heavy atom. The van der Waals surface area contributed by atoms with Gasteiger partial charge in [0.05, 0.1) is 16.1 Å². The van der Waals surface area contributed by atoms with Crippen molar-refractivity contribution >= 4 is 56.7 Å². The van der Waals surface area contributed by atoms with E-state index in [-0.39, 0.29) is 16.7 Å². The van der Waals surface area contributed by atoms with Crippen molar-refractivity contribution in [3.05, 3.63) is 77.2 Å². The van der Waals surface area contributed by atoms with Crippen LogP contribution in [0.25, 0.3) is 0 Å². The van der Waals surface area contributed by atoms with Crippen molar-refractivity contribution in [2.45, 2.75) is 34.1 Å². The minimum Gasteiger partial charge on any atom is -0.371 e.